The third kappa shape index (κ3) is 3.06. The van der Waals surface area contributed by atoms with Gasteiger partial charge >= 0.3 is 0 Å². The monoisotopic (exact) mass is 233 g/mol. The molecule has 1 unspecified atom stereocenters. The van der Waals surface area contributed by atoms with Crippen LogP contribution in [0.4, 0.5) is 0 Å². The highest BCUT2D eigenvalue weighted by atomic mass is 16.1. The zero-order valence-corrected chi connectivity index (χ0v) is 11.0. The summed E-state index contributed by atoms with van der Waals surface area (Å²) in [6.45, 7) is 6.98. The van der Waals surface area contributed by atoms with Crippen LogP contribution in [-0.2, 0) is 4.79 Å². The first-order valence-electron chi connectivity index (χ1n) is 6.72. The molecule has 17 heavy (non-hydrogen) atoms. The fourth-order valence-corrected chi connectivity index (χ4v) is 2.53. The predicted octanol–water partition coefficient (Wildman–Crippen LogP) is 2.95. The number of carbonyl (C=O) groups excluding carboxylic acids is 1. The molecule has 0 saturated carbocycles. The molecule has 2 nitrogen and oxygen atoms in total. The maximum absolute atomic E-state index is 12.4. The summed E-state index contributed by atoms with van der Waals surface area (Å²) in [5, 5.41) is 0. The Bertz CT molecular complexity index is 350. The predicted molar refractivity (Wildman–Crippen MR) is 70.9 cm³/mol. The molecular weight excluding hydrogens is 210 g/mol. The molecule has 0 aromatic rings. The number of Topliss-reactive ketones (excluding diaryl/α,β-unsaturated/α-hetero) is 1. The number of allylic oxidation sites excluding steroid dienone is 4. The van der Waals surface area contributed by atoms with E-state index in [1.807, 2.05) is 0 Å². The maximum atomic E-state index is 12.4. The molecule has 2 aliphatic rings. The summed E-state index contributed by atoms with van der Waals surface area (Å²) in [4.78, 5) is 14.7. The van der Waals surface area contributed by atoms with E-state index in [0.717, 1.165) is 19.5 Å². The third-order valence-corrected chi connectivity index (χ3v) is 4.02. The van der Waals surface area contributed by atoms with Crippen LogP contribution in [0.1, 0.15) is 39.5 Å². The Kier molecular flexibility index (Phi) is 3.82. The fraction of sp³-hybridized carbons (Fsp3) is 0.667. The summed E-state index contributed by atoms with van der Waals surface area (Å²) < 4.78 is 0. The number of nitrogens with zero attached hydrogens (tertiary/aromatic N) is 1. The first kappa shape index (κ1) is 12.6. The zero-order valence-electron chi connectivity index (χ0n) is 11.0. The first-order valence-corrected chi connectivity index (χ1v) is 6.72. The number of ketones is 1. The van der Waals surface area contributed by atoms with Gasteiger partial charge < -0.3 is 0 Å². The van der Waals surface area contributed by atoms with Gasteiger partial charge in [-0.25, -0.2) is 0 Å². The SMILES string of the molecule is CC1=CCC(C)(C(=O)CN2CCCCC2)C=C1. The van der Waals surface area contributed by atoms with Crippen LogP contribution < -0.4 is 0 Å². The van der Waals surface area contributed by atoms with Gasteiger partial charge in [-0.1, -0.05) is 30.2 Å². The van der Waals surface area contributed by atoms with Crippen LogP contribution in [-0.4, -0.2) is 30.3 Å². The van der Waals surface area contributed by atoms with Gasteiger partial charge in [0.05, 0.1) is 6.54 Å². The second kappa shape index (κ2) is 5.18. The van der Waals surface area contributed by atoms with Crippen molar-refractivity contribution in [2.75, 3.05) is 19.6 Å². The van der Waals surface area contributed by atoms with Gasteiger partial charge in [-0.05, 0) is 46.2 Å². The molecule has 1 atom stereocenters. The molecule has 1 saturated heterocycles. The van der Waals surface area contributed by atoms with Crippen molar-refractivity contribution >= 4 is 5.78 Å². The van der Waals surface area contributed by atoms with Gasteiger partial charge in [0.1, 0.15) is 0 Å². The Hall–Kier alpha value is -0.890. The van der Waals surface area contributed by atoms with Crippen LogP contribution in [0, 0.1) is 5.41 Å². The topological polar surface area (TPSA) is 20.3 Å². The average molecular weight is 233 g/mol. The van der Waals surface area contributed by atoms with Crippen LogP contribution in [0.5, 0.6) is 0 Å². The number of hydrogen-bond acceptors (Lipinski definition) is 2. The van der Waals surface area contributed by atoms with Crippen LogP contribution in [0.25, 0.3) is 0 Å². The van der Waals surface area contributed by atoms with Crippen LogP contribution in [0.15, 0.2) is 23.8 Å². The molecule has 1 aliphatic carbocycles. The molecule has 1 aliphatic heterocycles. The van der Waals surface area contributed by atoms with Crippen molar-refractivity contribution in [1.82, 2.24) is 4.90 Å². The van der Waals surface area contributed by atoms with E-state index in [1.165, 1.54) is 24.8 Å². The third-order valence-electron chi connectivity index (χ3n) is 4.02. The maximum Gasteiger partial charge on any atom is 0.156 e. The molecule has 0 aromatic carbocycles. The molecule has 2 heteroatoms. The Morgan fingerprint density at radius 3 is 2.65 bits per heavy atom. The van der Waals surface area contributed by atoms with Crippen molar-refractivity contribution in [3.63, 3.8) is 0 Å². The Balaban J connectivity index is 1.93. The molecule has 0 amide bonds. The molecule has 0 bridgehead atoms. The minimum atomic E-state index is -0.267. The lowest BCUT2D eigenvalue weighted by Crippen LogP contribution is -2.40. The standard InChI is InChI=1S/C15H23NO/c1-13-6-8-15(2,9-7-13)14(17)12-16-10-4-3-5-11-16/h6-8H,3-5,9-12H2,1-2H3. The Morgan fingerprint density at radius 1 is 1.35 bits per heavy atom. The van der Waals surface area contributed by atoms with E-state index in [1.54, 1.807) is 0 Å². The van der Waals surface area contributed by atoms with E-state index in [0.29, 0.717) is 12.3 Å². The Morgan fingerprint density at radius 2 is 2.06 bits per heavy atom. The summed E-state index contributed by atoms with van der Waals surface area (Å²) in [5.74, 6) is 0.374. The molecule has 0 radical (unpaired) electrons. The van der Waals surface area contributed by atoms with Crippen LogP contribution in [0.3, 0.4) is 0 Å². The van der Waals surface area contributed by atoms with Gasteiger partial charge in [-0.3, -0.25) is 9.69 Å². The minimum absolute atomic E-state index is 0.267. The van der Waals surface area contributed by atoms with Crippen molar-refractivity contribution in [2.24, 2.45) is 5.41 Å². The van der Waals surface area contributed by atoms with Gasteiger partial charge in [0, 0.05) is 5.41 Å². The average Bonchev–Trinajstić information content (AvgIpc) is 2.34. The van der Waals surface area contributed by atoms with E-state index >= 15 is 0 Å². The van der Waals surface area contributed by atoms with E-state index < -0.39 is 0 Å². The van der Waals surface area contributed by atoms with Gasteiger partial charge in [0.2, 0.25) is 0 Å². The number of hydrogen-bond donors (Lipinski definition) is 0. The molecule has 0 aromatic heterocycles. The van der Waals surface area contributed by atoms with Crippen molar-refractivity contribution in [1.29, 1.82) is 0 Å². The molecule has 2 rings (SSSR count). The van der Waals surface area contributed by atoms with E-state index in [-0.39, 0.29) is 5.41 Å². The molecular formula is C15H23NO. The van der Waals surface area contributed by atoms with E-state index in [9.17, 15) is 4.79 Å². The number of rotatable bonds is 3. The van der Waals surface area contributed by atoms with Crippen molar-refractivity contribution in [3.05, 3.63) is 23.8 Å². The lowest BCUT2D eigenvalue weighted by atomic mass is 9.78. The highest BCUT2D eigenvalue weighted by Gasteiger charge is 2.31. The molecule has 1 fully saturated rings. The summed E-state index contributed by atoms with van der Waals surface area (Å²) in [7, 11) is 0. The first-order chi connectivity index (χ1) is 8.10. The quantitative estimate of drug-likeness (QED) is 0.747. The molecule has 94 valence electrons. The summed E-state index contributed by atoms with van der Waals surface area (Å²) >= 11 is 0. The van der Waals surface area contributed by atoms with Crippen molar-refractivity contribution < 1.29 is 4.79 Å². The zero-order chi connectivity index (χ0) is 12.3. The van der Waals surface area contributed by atoms with E-state index in [2.05, 4.69) is 37.0 Å². The van der Waals surface area contributed by atoms with Gasteiger partial charge in [-0.2, -0.15) is 0 Å². The number of piperidine rings is 1. The van der Waals surface area contributed by atoms with Crippen molar-refractivity contribution in [2.45, 2.75) is 39.5 Å². The highest BCUT2D eigenvalue weighted by molar-refractivity contribution is 5.88. The van der Waals surface area contributed by atoms with Crippen molar-refractivity contribution in [3.8, 4) is 0 Å². The highest BCUT2D eigenvalue weighted by Crippen LogP contribution is 2.30. The summed E-state index contributed by atoms with van der Waals surface area (Å²) in [6, 6.07) is 0. The van der Waals surface area contributed by atoms with Gasteiger partial charge in [0.25, 0.3) is 0 Å². The van der Waals surface area contributed by atoms with Crippen LogP contribution >= 0.6 is 0 Å². The lowest BCUT2D eigenvalue weighted by molar-refractivity contribution is -0.127. The smallest absolute Gasteiger partial charge is 0.156 e. The fourth-order valence-electron chi connectivity index (χ4n) is 2.53. The largest absolute Gasteiger partial charge is 0.297 e. The summed E-state index contributed by atoms with van der Waals surface area (Å²) in [5.41, 5.74) is 1.00. The lowest BCUT2D eigenvalue weighted by Gasteiger charge is -2.31. The van der Waals surface area contributed by atoms with Gasteiger partial charge in [-0.15, -0.1) is 0 Å². The van der Waals surface area contributed by atoms with Crippen LogP contribution in [0.2, 0.25) is 0 Å². The second-order valence-corrected chi connectivity index (χ2v) is 5.66. The molecule has 1 heterocycles. The normalized spacial score (nSPS) is 30.1. The Labute approximate surface area is 104 Å². The van der Waals surface area contributed by atoms with Gasteiger partial charge in [0.15, 0.2) is 5.78 Å². The molecule has 0 N–H and O–H groups in total. The number of likely N-dealkylation sites (tertiary alicyclic amines) is 1. The summed E-state index contributed by atoms with van der Waals surface area (Å²) in [6.07, 6.45) is 11.0. The molecule has 0 spiro atoms. The second-order valence-electron chi connectivity index (χ2n) is 5.66. The number of carbonyl (C=O) groups is 1. The minimum Gasteiger partial charge on any atom is -0.297 e. The van der Waals surface area contributed by atoms with E-state index in [4.69, 9.17) is 0 Å².